The molecule has 2 aromatic carbocycles. The van der Waals surface area contributed by atoms with Gasteiger partial charge in [-0.1, -0.05) is 37.2 Å². The van der Waals surface area contributed by atoms with Crippen LogP contribution in [0.5, 0.6) is 11.5 Å². The predicted molar refractivity (Wildman–Crippen MR) is 141 cm³/mol. The molecule has 186 valence electrons. The highest BCUT2D eigenvalue weighted by atomic mass is 35.5. The molecule has 0 heterocycles. The van der Waals surface area contributed by atoms with Crippen LogP contribution >= 0.6 is 11.6 Å². The highest BCUT2D eigenvalue weighted by molar-refractivity contribution is 6.83. The van der Waals surface area contributed by atoms with Crippen molar-refractivity contribution < 1.29 is 19.1 Å². The Hall–Kier alpha value is -2.95. The van der Waals surface area contributed by atoms with Crippen molar-refractivity contribution >= 4 is 31.5 Å². The van der Waals surface area contributed by atoms with Crippen molar-refractivity contribution in [3.8, 4) is 23.0 Å². The SMILES string of the molecule is C[Si](C)(C)C#Cc1ccc(OCC(=O)NC2CCC(NC(=O)COc3ccc(Cl)cc3)CC2)cc1. The molecule has 0 bridgehead atoms. The third-order valence-electron chi connectivity index (χ3n) is 5.45. The minimum absolute atomic E-state index is 0.0291. The molecular formula is C27H33ClN2O4Si. The van der Waals surface area contributed by atoms with Crippen molar-refractivity contribution in [3.63, 3.8) is 0 Å². The number of rotatable bonds is 8. The predicted octanol–water partition coefficient (Wildman–Crippen LogP) is 4.57. The lowest BCUT2D eigenvalue weighted by Gasteiger charge is -2.29. The van der Waals surface area contributed by atoms with Crippen LogP contribution in [0.15, 0.2) is 48.5 Å². The summed E-state index contributed by atoms with van der Waals surface area (Å²) in [4.78, 5) is 24.5. The van der Waals surface area contributed by atoms with Gasteiger partial charge in [-0.25, -0.2) is 0 Å². The number of hydrogen-bond donors (Lipinski definition) is 2. The van der Waals surface area contributed by atoms with E-state index in [1.165, 1.54) is 0 Å². The van der Waals surface area contributed by atoms with Crippen LogP contribution in [0.3, 0.4) is 0 Å². The summed E-state index contributed by atoms with van der Waals surface area (Å²) in [7, 11) is -1.41. The maximum atomic E-state index is 12.3. The summed E-state index contributed by atoms with van der Waals surface area (Å²) in [5.74, 6) is 4.15. The first-order chi connectivity index (χ1) is 16.7. The average Bonchev–Trinajstić information content (AvgIpc) is 2.82. The smallest absolute Gasteiger partial charge is 0.258 e. The third kappa shape index (κ3) is 10.1. The largest absolute Gasteiger partial charge is 0.484 e. The van der Waals surface area contributed by atoms with E-state index in [9.17, 15) is 9.59 Å². The molecule has 0 radical (unpaired) electrons. The van der Waals surface area contributed by atoms with Gasteiger partial charge in [0, 0.05) is 22.7 Å². The molecule has 2 amide bonds. The van der Waals surface area contributed by atoms with Gasteiger partial charge in [-0.3, -0.25) is 9.59 Å². The molecule has 1 saturated carbocycles. The van der Waals surface area contributed by atoms with E-state index in [1.54, 1.807) is 24.3 Å². The zero-order chi connectivity index (χ0) is 25.3. The number of halogens is 1. The number of hydrogen-bond acceptors (Lipinski definition) is 4. The number of ether oxygens (including phenoxy) is 2. The summed E-state index contributed by atoms with van der Waals surface area (Å²) >= 11 is 5.85. The fraction of sp³-hybridized carbons (Fsp3) is 0.407. The van der Waals surface area contributed by atoms with Crippen molar-refractivity contribution in [1.29, 1.82) is 0 Å². The van der Waals surface area contributed by atoms with Gasteiger partial charge in [-0.2, -0.15) is 0 Å². The Morgan fingerprint density at radius 1 is 0.829 bits per heavy atom. The lowest BCUT2D eigenvalue weighted by molar-refractivity contribution is -0.125. The van der Waals surface area contributed by atoms with Crippen LogP contribution in [0, 0.1) is 11.5 Å². The number of amides is 2. The van der Waals surface area contributed by atoms with Gasteiger partial charge in [0.2, 0.25) is 0 Å². The number of carbonyl (C=O) groups excluding carboxylic acids is 2. The third-order valence-corrected chi connectivity index (χ3v) is 6.57. The van der Waals surface area contributed by atoms with E-state index >= 15 is 0 Å². The van der Waals surface area contributed by atoms with Crippen LogP contribution in [0.1, 0.15) is 31.2 Å². The van der Waals surface area contributed by atoms with Gasteiger partial charge in [0.25, 0.3) is 11.8 Å². The Morgan fingerprint density at radius 2 is 1.26 bits per heavy atom. The normalized spacial score (nSPS) is 17.5. The van der Waals surface area contributed by atoms with E-state index < -0.39 is 8.07 Å². The molecule has 1 fully saturated rings. The molecule has 6 nitrogen and oxygen atoms in total. The van der Waals surface area contributed by atoms with Crippen LogP contribution < -0.4 is 20.1 Å². The monoisotopic (exact) mass is 512 g/mol. The first kappa shape index (κ1) is 26.6. The number of benzene rings is 2. The maximum Gasteiger partial charge on any atom is 0.258 e. The second-order valence-corrected chi connectivity index (χ2v) is 14.9. The van der Waals surface area contributed by atoms with Crippen molar-refractivity contribution in [1.82, 2.24) is 10.6 Å². The first-order valence-corrected chi connectivity index (χ1v) is 15.8. The summed E-state index contributed by atoms with van der Waals surface area (Å²) in [5.41, 5.74) is 4.28. The molecule has 0 aliphatic heterocycles. The second-order valence-electron chi connectivity index (χ2n) is 9.74. The zero-order valence-electron chi connectivity index (χ0n) is 20.5. The first-order valence-electron chi connectivity index (χ1n) is 11.9. The van der Waals surface area contributed by atoms with E-state index in [1.807, 2.05) is 24.3 Å². The Kier molecular flexibility index (Phi) is 9.64. The van der Waals surface area contributed by atoms with Crippen molar-refractivity contribution in [2.45, 2.75) is 57.4 Å². The molecule has 0 saturated heterocycles. The van der Waals surface area contributed by atoms with Gasteiger partial charge in [-0.05, 0) is 74.2 Å². The van der Waals surface area contributed by atoms with Crippen LogP contribution in [-0.4, -0.2) is 45.2 Å². The lowest BCUT2D eigenvalue weighted by atomic mass is 9.91. The minimum Gasteiger partial charge on any atom is -0.484 e. The number of carbonyl (C=O) groups is 2. The minimum atomic E-state index is -1.41. The summed E-state index contributed by atoms with van der Waals surface area (Å²) in [6.07, 6.45) is 3.22. The van der Waals surface area contributed by atoms with Crippen molar-refractivity contribution in [3.05, 3.63) is 59.1 Å². The van der Waals surface area contributed by atoms with Crippen LogP contribution in [-0.2, 0) is 9.59 Å². The molecule has 0 spiro atoms. The van der Waals surface area contributed by atoms with E-state index in [4.69, 9.17) is 21.1 Å². The highest BCUT2D eigenvalue weighted by Gasteiger charge is 2.23. The summed E-state index contributed by atoms with van der Waals surface area (Å²) in [5, 5.41) is 6.66. The van der Waals surface area contributed by atoms with Crippen LogP contribution in [0.4, 0.5) is 0 Å². The lowest BCUT2D eigenvalue weighted by Crippen LogP contribution is -2.45. The topological polar surface area (TPSA) is 76.7 Å². The average molecular weight is 513 g/mol. The van der Waals surface area contributed by atoms with E-state index in [0.29, 0.717) is 16.5 Å². The molecule has 1 aliphatic rings. The molecule has 35 heavy (non-hydrogen) atoms. The van der Waals surface area contributed by atoms with Gasteiger partial charge in [-0.15, -0.1) is 5.54 Å². The highest BCUT2D eigenvalue weighted by Crippen LogP contribution is 2.19. The Labute approximate surface area is 213 Å². The van der Waals surface area contributed by atoms with E-state index in [-0.39, 0.29) is 37.1 Å². The van der Waals surface area contributed by atoms with Gasteiger partial charge in [0.05, 0.1) is 0 Å². The Morgan fingerprint density at radius 3 is 1.69 bits per heavy atom. The summed E-state index contributed by atoms with van der Waals surface area (Å²) in [6.45, 7) is 6.55. The molecule has 3 rings (SSSR count). The second kappa shape index (κ2) is 12.7. The van der Waals surface area contributed by atoms with Gasteiger partial charge < -0.3 is 20.1 Å². The standard InChI is InChI=1S/C27H33ClN2O4Si/c1-35(2,3)17-16-20-4-12-24(13-5-20)33-18-26(31)29-22-8-10-23(11-9-22)30-27(32)19-34-25-14-6-21(28)7-15-25/h4-7,12-15,22-23H,8-11,18-19H2,1-3H3,(H,29,31)(H,30,32). The van der Waals surface area contributed by atoms with E-state index in [2.05, 4.69) is 41.7 Å². The van der Waals surface area contributed by atoms with Gasteiger partial charge in [0.1, 0.15) is 19.6 Å². The van der Waals surface area contributed by atoms with Gasteiger partial charge in [0.15, 0.2) is 13.2 Å². The van der Waals surface area contributed by atoms with Crippen molar-refractivity contribution in [2.75, 3.05) is 13.2 Å². The molecule has 2 aromatic rings. The molecule has 0 atom stereocenters. The van der Waals surface area contributed by atoms with Gasteiger partial charge >= 0.3 is 0 Å². The molecule has 8 heteroatoms. The Balaban J connectivity index is 1.32. The Bertz CT molecular complexity index is 1050. The summed E-state index contributed by atoms with van der Waals surface area (Å²) in [6, 6.07) is 14.6. The molecule has 1 aliphatic carbocycles. The zero-order valence-corrected chi connectivity index (χ0v) is 22.3. The number of nitrogens with one attached hydrogen (secondary N) is 2. The van der Waals surface area contributed by atoms with Crippen LogP contribution in [0.2, 0.25) is 24.7 Å². The quantitative estimate of drug-likeness (QED) is 0.401. The molecular weight excluding hydrogens is 480 g/mol. The summed E-state index contributed by atoms with van der Waals surface area (Å²) < 4.78 is 11.1. The van der Waals surface area contributed by atoms with Crippen LogP contribution in [0.25, 0.3) is 0 Å². The van der Waals surface area contributed by atoms with Crippen molar-refractivity contribution in [2.24, 2.45) is 0 Å². The molecule has 2 N–H and O–H groups in total. The molecule has 0 aromatic heterocycles. The van der Waals surface area contributed by atoms with E-state index in [0.717, 1.165) is 31.2 Å². The fourth-order valence-electron chi connectivity index (χ4n) is 3.64. The fourth-order valence-corrected chi connectivity index (χ4v) is 4.29. The molecule has 0 unspecified atom stereocenters. The maximum absolute atomic E-state index is 12.3.